The van der Waals surface area contributed by atoms with Gasteiger partial charge >= 0.3 is 6.18 Å². The number of nitrogens with zero attached hydrogens (tertiary/aromatic N) is 5. The van der Waals surface area contributed by atoms with Crippen LogP contribution in [-0.4, -0.2) is 32.2 Å². The van der Waals surface area contributed by atoms with Crippen molar-refractivity contribution in [1.29, 1.82) is 5.26 Å². The number of hydrazine groups is 2. The summed E-state index contributed by atoms with van der Waals surface area (Å²) in [7, 11) is 0. The highest BCUT2D eigenvalue weighted by molar-refractivity contribution is 6.36. The highest BCUT2D eigenvalue weighted by Crippen LogP contribution is 2.37. The monoisotopic (exact) mass is 587 g/mol. The van der Waals surface area contributed by atoms with Crippen LogP contribution in [0, 0.1) is 23.1 Å². The lowest BCUT2D eigenvalue weighted by atomic mass is 10.0. The van der Waals surface area contributed by atoms with E-state index in [1.54, 1.807) is 36.7 Å². The Balaban J connectivity index is 1.57. The van der Waals surface area contributed by atoms with E-state index >= 15 is 0 Å². The van der Waals surface area contributed by atoms with Crippen molar-refractivity contribution in [3.8, 4) is 6.07 Å². The SMILES string of the molecule is CC(N1C=C([C@@H](Nc2cc(Cl)c3ncc(C#N)c(Nc4cnc(F)c(F)c4)c3c2)c2cccnc2)NN1)C(F)(F)F. The highest BCUT2D eigenvalue weighted by atomic mass is 35.5. The minimum Gasteiger partial charge on any atom is -0.373 e. The number of benzene rings is 1. The molecular weight excluding hydrogens is 569 g/mol. The molecule has 0 radical (unpaired) electrons. The van der Waals surface area contributed by atoms with Gasteiger partial charge in [-0.05, 0) is 30.7 Å². The van der Waals surface area contributed by atoms with E-state index in [2.05, 4.69) is 36.5 Å². The maximum absolute atomic E-state index is 13.8. The average molecular weight is 588 g/mol. The van der Waals surface area contributed by atoms with Gasteiger partial charge in [0.05, 0.1) is 45.4 Å². The fourth-order valence-corrected chi connectivity index (χ4v) is 4.37. The Hall–Kier alpha value is -4.74. The van der Waals surface area contributed by atoms with Crippen molar-refractivity contribution in [1.82, 2.24) is 30.9 Å². The summed E-state index contributed by atoms with van der Waals surface area (Å²) >= 11 is 6.56. The Morgan fingerprint density at radius 1 is 1.10 bits per heavy atom. The van der Waals surface area contributed by atoms with Crippen molar-refractivity contribution < 1.29 is 22.0 Å². The third-order valence-corrected chi connectivity index (χ3v) is 6.54. The van der Waals surface area contributed by atoms with E-state index in [1.165, 1.54) is 12.4 Å². The molecule has 0 spiro atoms. The quantitative estimate of drug-likeness (QED) is 0.156. The molecule has 3 aromatic heterocycles. The van der Waals surface area contributed by atoms with Gasteiger partial charge in [0.15, 0.2) is 5.82 Å². The molecule has 9 nitrogen and oxygen atoms in total. The molecule has 1 aliphatic rings. The molecule has 4 N–H and O–H groups in total. The summed E-state index contributed by atoms with van der Waals surface area (Å²) in [5.41, 5.74) is 7.32. The molecule has 1 aromatic carbocycles. The maximum Gasteiger partial charge on any atom is 0.410 e. The minimum atomic E-state index is -4.48. The van der Waals surface area contributed by atoms with Crippen LogP contribution in [0.4, 0.5) is 39.0 Å². The van der Waals surface area contributed by atoms with E-state index in [0.717, 1.165) is 24.2 Å². The normalized spacial score (nSPS) is 14.7. The number of hydrogen-bond acceptors (Lipinski definition) is 9. The summed E-state index contributed by atoms with van der Waals surface area (Å²) in [6, 6.07) is 6.93. The number of aromatic nitrogens is 3. The number of nitriles is 1. The molecule has 4 aromatic rings. The predicted octanol–water partition coefficient (Wildman–Crippen LogP) is 5.84. The summed E-state index contributed by atoms with van der Waals surface area (Å²) in [4.78, 5) is 11.7. The summed E-state index contributed by atoms with van der Waals surface area (Å²) in [6.45, 7) is 1.01. The predicted molar refractivity (Wildman–Crippen MR) is 141 cm³/mol. The molecule has 4 heterocycles. The number of nitrogens with one attached hydrogen (secondary N) is 4. The molecule has 1 aliphatic heterocycles. The lowest BCUT2D eigenvalue weighted by molar-refractivity contribution is -0.178. The minimum absolute atomic E-state index is 0.0703. The number of rotatable bonds is 7. The van der Waals surface area contributed by atoms with Crippen molar-refractivity contribution in [2.45, 2.75) is 25.2 Å². The van der Waals surface area contributed by atoms with Gasteiger partial charge < -0.3 is 16.1 Å². The zero-order valence-corrected chi connectivity index (χ0v) is 21.7. The van der Waals surface area contributed by atoms with E-state index in [0.29, 0.717) is 27.9 Å². The molecule has 0 bridgehead atoms. The second-order valence-corrected chi connectivity index (χ2v) is 9.35. The van der Waals surface area contributed by atoms with Gasteiger partial charge in [-0.3, -0.25) is 15.0 Å². The van der Waals surface area contributed by atoms with Gasteiger partial charge in [-0.15, -0.1) is 5.53 Å². The maximum atomic E-state index is 13.8. The lowest BCUT2D eigenvalue weighted by Gasteiger charge is -2.25. The molecule has 0 aliphatic carbocycles. The number of alkyl halides is 3. The van der Waals surface area contributed by atoms with Crippen LogP contribution in [0.3, 0.4) is 0 Å². The molecule has 2 atom stereocenters. The summed E-state index contributed by atoms with van der Waals surface area (Å²) < 4.78 is 67.2. The molecule has 0 saturated carbocycles. The Morgan fingerprint density at radius 3 is 2.59 bits per heavy atom. The summed E-state index contributed by atoms with van der Waals surface area (Å²) in [6.07, 6.45) is 2.26. The van der Waals surface area contributed by atoms with Crippen molar-refractivity contribution >= 4 is 39.6 Å². The zero-order valence-electron chi connectivity index (χ0n) is 20.9. The second kappa shape index (κ2) is 11.0. The van der Waals surface area contributed by atoms with Gasteiger partial charge in [-0.1, -0.05) is 17.7 Å². The third kappa shape index (κ3) is 5.76. The average Bonchev–Trinajstić information content (AvgIpc) is 3.43. The number of hydrogen-bond donors (Lipinski definition) is 4. The highest BCUT2D eigenvalue weighted by Gasteiger charge is 2.41. The standard InChI is InChI=1S/C26H19ClF5N9/c1-13(26(30,31)32)41-12-21(39-40-41)23(14-3-2-4-34-9-14)37-16-5-18-22(38-17-7-20(28)25(29)36-11-17)15(8-33)10-35-24(18)19(27)6-16/h2-7,9-13,23,37,39-40H,1H3,(H,35,38)/t13?,23-/m0/s1. The van der Waals surface area contributed by atoms with E-state index in [1.807, 2.05) is 6.07 Å². The van der Waals surface area contributed by atoms with Crippen LogP contribution in [0.2, 0.25) is 5.02 Å². The molecule has 5 rings (SSSR count). The first-order valence-electron chi connectivity index (χ1n) is 11.9. The molecule has 0 amide bonds. The fraction of sp³-hybridized carbons (Fsp3) is 0.154. The van der Waals surface area contributed by atoms with Gasteiger partial charge in [0.2, 0.25) is 5.95 Å². The van der Waals surface area contributed by atoms with Gasteiger partial charge in [-0.2, -0.15) is 22.8 Å². The van der Waals surface area contributed by atoms with Gasteiger partial charge in [0, 0.05) is 41.9 Å². The van der Waals surface area contributed by atoms with E-state index in [4.69, 9.17) is 11.6 Å². The van der Waals surface area contributed by atoms with Crippen LogP contribution in [0.1, 0.15) is 24.1 Å². The van der Waals surface area contributed by atoms with Crippen LogP contribution in [0.15, 0.2) is 67.0 Å². The molecule has 0 fully saturated rings. The molecule has 0 saturated heterocycles. The summed E-state index contributed by atoms with van der Waals surface area (Å²) in [5.74, 6) is -2.47. The van der Waals surface area contributed by atoms with Gasteiger partial charge in [0.1, 0.15) is 12.1 Å². The van der Waals surface area contributed by atoms with E-state index < -0.39 is 30.0 Å². The van der Waals surface area contributed by atoms with Crippen LogP contribution >= 0.6 is 11.6 Å². The number of pyridine rings is 3. The molecule has 15 heteroatoms. The topological polar surface area (TPSA) is 114 Å². The van der Waals surface area contributed by atoms with Crippen molar-refractivity contribution in [3.05, 3.63) is 94.9 Å². The van der Waals surface area contributed by atoms with E-state index in [9.17, 15) is 27.2 Å². The molecule has 1 unspecified atom stereocenters. The second-order valence-electron chi connectivity index (χ2n) is 8.94. The van der Waals surface area contributed by atoms with E-state index in [-0.39, 0.29) is 22.0 Å². The van der Waals surface area contributed by atoms with Crippen LogP contribution in [-0.2, 0) is 0 Å². The van der Waals surface area contributed by atoms with Crippen molar-refractivity contribution in [2.24, 2.45) is 0 Å². The molecule has 41 heavy (non-hydrogen) atoms. The molecular formula is C26H19ClF5N9. The Labute approximate surface area is 234 Å². The zero-order chi connectivity index (χ0) is 29.3. The Bertz CT molecular complexity index is 1670. The number of fused-ring (bicyclic) bond motifs is 1. The first-order chi connectivity index (χ1) is 19.5. The van der Waals surface area contributed by atoms with Gasteiger partial charge in [-0.25, -0.2) is 9.37 Å². The largest absolute Gasteiger partial charge is 0.410 e. The Morgan fingerprint density at radius 2 is 1.90 bits per heavy atom. The Kier molecular flexibility index (Phi) is 7.48. The van der Waals surface area contributed by atoms with Crippen molar-refractivity contribution in [3.63, 3.8) is 0 Å². The lowest BCUT2D eigenvalue weighted by Crippen LogP contribution is -2.48. The number of halogens is 6. The van der Waals surface area contributed by atoms with Crippen LogP contribution < -0.4 is 21.6 Å². The van der Waals surface area contributed by atoms with Crippen molar-refractivity contribution in [2.75, 3.05) is 10.6 Å². The first kappa shape index (κ1) is 27.8. The number of anilines is 3. The van der Waals surface area contributed by atoms with Gasteiger partial charge in [0.25, 0.3) is 0 Å². The smallest absolute Gasteiger partial charge is 0.373 e. The van der Waals surface area contributed by atoms with Crippen LogP contribution in [0.5, 0.6) is 0 Å². The fourth-order valence-electron chi connectivity index (χ4n) is 4.11. The van der Waals surface area contributed by atoms with Crippen LogP contribution in [0.25, 0.3) is 10.9 Å². The first-order valence-corrected chi connectivity index (χ1v) is 12.3. The molecule has 210 valence electrons. The summed E-state index contributed by atoms with van der Waals surface area (Å²) in [5, 5.41) is 17.3. The third-order valence-electron chi connectivity index (χ3n) is 6.25.